The molecule has 0 aromatic carbocycles. The van der Waals surface area contributed by atoms with Crippen LogP contribution in [0.4, 0.5) is 0 Å². The molecule has 0 atom stereocenters. The van der Waals surface area contributed by atoms with Crippen LogP contribution in [0, 0.1) is 0 Å². The topological polar surface area (TPSA) is 129 Å². The average Bonchev–Trinajstić information content (AvgIpc) is 2.59. The number of allylic oxidation sites excluding steroid dienone is 1. The summed E-state index contributed by atoms with van der Waals surface area (Å²) in [4.78, 5) is 46.8. The lowest BCUT2D eigenvalue weighted by Gasteiger charge is -2.06. The van der Waals surface area contributed by atoms with E-state index in [-0.39, 0.29) is 22.7 Å². The molecule has 1 rings (SSSR count). The fourth-order valence-electron chi connectivity index (χ4n) is 1.74. The Kier molecular flexibility index (Phi) is 6.68. The highest BCUT2D eigenvalue weighted by molar-refractivity contribution is 5.97. The zero-order chi connectivity index (χ0) is 19.1. The summed E-state index contributed by atoms with van der Waals surface area (Å²) in [6.07, 6.45) is 2.17. The molecule has 0 saturated carbocycles. The second kappa shape index (κ2) is 8.48. The van der Waals surface area contributed by atoms with E-state index in [1.165, 1.54) is 6.92 Å². The monoisotopic (exact) mass is 352 g/mol. The van der Waals surface area contributed by atoms with Crippen molar-refractivity contribution in [1.82, 2.24) is 0 Å². The Balaban J connectivity index is 3.52. The minimum Gasteiger partial charge on any atom is -0.512 e. The van der Waals surface area contributed by atoms with Crippen LogP contribution in [-0.4, -0.2) is 44.3 Å². The molecule has 1 heterocycles. The first-order valence-electron chi connectivity index (χ1n) is 6.77. The van der Waals surface area contributed by atoms with Crippen molar-refractivity contribution in [3.8, 4) is 0 Å². The molecular weight excluding hydrogens is 336 g/mol. The molecule has 0 radical (unpaired) electrons. The second-order valence-electron chi connectivity index (χ2n) is 4.53. The van der Waals surface area contributed by atoms with Gasteiger partial charge in [0.2, 0.25) is 0 Å². The van der Waals surface area contributed by atoms with Crippen LogP contribution < -0.4 is 5.63 Å². The van der Waals surface area contributed by atoms with Crippen molar-refractivity contribution in [2.24, 2.45) is 0 Å². The summed E-state index contributed by atoms with van der Waals surface area (Å²) in [7, 11) is 3.27. The molecule has 0 aliphatic rings. The van der Waals surface area contributed by atoms with E-state index in [1.54, 1.807) is 0 Å². The van der Waals surface area contributed by atoms with E-state index < -0.39 is 29.1 Å². The lowest BCUT2D eigenvalue weighted by atomic mass is 10.1. The highest BCUT2D eigenvalue weighted by atomic mass is 16.5. The molecule has 0 spiro atoms. The van der Waals surface area contributed by atoms with Crippen LogP contribution >= 0.6 is 0 Å². The number of aliphatic hydroxyl groups excluding tert-OH is 1. The maximum absolute atomic E-state index is 11.9. The Morgan fingerprint density at radius 3 is 2.08 bits per heavy atom. The van der Waals surface area contributed by atoms with Crippen molar-refractivity contribution >= 4 is 24.0 Å². The van der Waals surface area contributed by atoms with Gasteiger partial charge >= 0.3 is 23.5 Å². The van der Waals surface area contributed by atoms with Crippen molar-refractivity contribution in [3.05, 3.63) is 50.8 Å². The Hall–Kier alpha value is -3.36. The smallest absolute Gasteiger partial charge is 0.351 e. The molecule has 1 aromatic rings. The maximum atomic E-state index is 11.9. The summed E-state index contributed by atoms with van der Waals surface area (Å²) in [5.41, 5.74) is -2.03. The fourth-order valence-corrected chi connectivity index (χ4v) is 1.74. The quantitative estimate of drug-likeness (QED) is 0.273. The predicted octanol–water partition coefficient (Wildman–Crippen LogP) is 1.23. The molecule has 0 aliphatic heterocycles. The van der Waals surface area contributed by atoms with Crippen LogP contribution in [0.3, 0.4) is 0 Å². The molecule has 0 amide bonds. The van der Waals surface area contributed by atoms with Gasteiger partial charge in [0.15, 0.2) is 0 Å². The summed E-state index contributed by atoms with van der Waals surface area (Å²) >= 11 is 0. The zero-order valence-electron chi connectivity index (χ0n) is 13.9. The Bertz CT molecular complexity index is 807. The minimum absolute atomic E-state index is 0.224. The summed E-state index contributed by atoms with van der Waals surface area (Å²) in [5, 5.41) is 9.50. The molecule has 0 aliphatic carbocycles. The van der Waals surface area contributed by atoms with E-state index in [0.717, 1.165) is 39.5 Å². The number of esters is 3. The predicted molar refractivity (Wildman–Crippen MR) is 84.0 cm³/mol. The van der Waals surface area contributed by atoms with Gasteiger partial charge in [0.25, 0.3) is 0 Å². The SMILES string of the molecule is COC(=O)C(/C=C/c1oc(=O)c(C(=O)OC)cc1C(=O)OC)=C(\C)O. The van der Waals surface area contributed by atoms with Gasteiger partial charge in [-0.15, -0.1) is 0 Å². The third-order valence-electron chi connectivity index (χ3n) is 2.98. The molecule has 134 valence electrons. The number of carbonyl (C=O) groups is 3. The van der Waals surface area contributed by atoms with Crippen LogP contribution in [0.1, 0.15) is 33.4 Å². The second-order valence-corrected chi connectivity index (χ2v) is 4.53. The van der Waals surface area contributed by atoms with Gasteiger partial charge in [-0.2, -0.15) is 0 Å². The van der Waals surface area contributed by atoms with E-state index in [1.807, 2.05) is 0 Å². The molecule has 0 unspecified atom stereocenters. The number of methoxy groups -OCH3 is 3. The first-order valence-corrected chi connectivity index (χ1v) is 6.77. The van der Waals surface area contributed by atoms with Crippen molar-refractivity contribution in [2.45, 2.75) is 6.92 Å². The van der Waals surface area contributed by atoms with E-state index in [0.29, 0.717) is 0 Å². The molecule has 9 heteroatoms. The number of aliphatic hydroxyl groups is 1. The Morgan fingerprint density at radius 2 is 1.60 bits per heavy atom. The van der Waals surface area contributed by atoms with Crippen molar-refractivity contribution in [1.29, 1.82) is 0 Å². The Morgan fingerprint density at radius 1 is 1.04 bits per heavy atom. The Labute approximate surface area is 142 Å². The van der Waals surface area contributed by atoms with E-state index in [9.17, 15) is 24.3 Å². The van der Waals surface area contributed by atoms with Crippen LogP contribution in [0.2, 0.25) is 0 Å². The van der Waals surface area contributed by atoms with E-state index in [4.69, 9.17) is 4.42 Å². The first-order chi connectivity index (χ1) is 11.8. The number of hydrogen-bond donors (Lipinski definition) is 1. The van der Waals surface area contributed by atoms with Crippen molar-refractivity contribution in [3.63, 3.8) is 0 Å². The molecule has 0 saturated heterocycles. The fraction of sp³-hybridized carbons (Fsp3) is 0.250. The van der Waals surface area contributed by atoms with Gasteiger partial charge in [-0.25, -0.2) is 19.2 Å². The molecule has 1 aromatic heterocycles. The molecule has 9 nitrogen and oxygen atoms in total. The standard InChI is InChI=1S/C16H16O9/c1-8(17)9(13(18)22-2)5-6-12-10(14(19)23-3)7-11(15(20)24-4)16(21)25-12/h5-7,17H,1-4H3/b6-5+,9-8+. The van der Waals surface area contributed by atoms with Crippen molar-refractivity contribution < 1.29 is 38.1 Å². The van der Waals surface area contributed by atoms with Gasteiger partial charge in [-0.3, -0.25) is 0 Å². The normalized spacial score (nSPS) is 11.7. The first kappa shape index (κ1) is 19.7. The average molecular weight is 352 g/mol. The maximum Gasteiger partial charge on any atom is 0.351 e. The van der Waals surface area contributed by atoms with E-state index >= 15 is 0 Å². The number of ether oxygens (including phenoxy) is 3. The third kappa shape index (κ3) is 4.56. The number of hydrogen-bond acceptors (Lipinski definition) is 9. The molecule has 0 bridgehead atoms. The van der Waals surface area contributed by atoms with Crippen molar-refractivity contribution in [2.75, 3.05) is 21.3 Å². The van der Waals surface area contributed by atoms with E-state index in [2.05, 4.69) is 14.2 Å². The van der Waals surface area contributed by atoms with Gasteiger partial charge in [0.05, 0.1) is 26.9 Å². The van der Waals surface area contributed by atoms with Gasteiger partial charge in [0, 0.05) is 0 Å². The summed E-state index contributed by atoms with van der Waals surface area (Å²) in [6, 6.07) is 0.955. The minimum atomic E-state index is -1.05. The van der Waals surface area contributed by atoms with Crippen LogP contribution in [0.15, 0.2) is 32.7 Å². The highest BCUT2D eigenvalue weighted by Gasteiger charge is 2.21. The summed E-state index contributed by atoms with van der Waals surface area (Å²) in [5.74, 6) is -3.36. The lowest BCUT2D eigenvalue weighted by molar-refractivity contribution is -0.135. The van der Waals surface area contributed by atoms with Crippen LogP contribution in [-0.2, 0) is 19.0 Å². The van der Waals surface area contributed by atoms with Gasteiger partial charge in [0.1, 0.15) is 22.6 Å². The third-order valence-corrected chi connectivity index (χ3v) is 2.98. The molecule has 1 N–H and O–H groups in total. The van der Waals surface area contributed by atoms with Crippen LogP contribution in [0.25, 0.3) is 6.08 Å². The molecular formula is C16H16O9. The number of carbonyl (C=O) groups excluding carboxylic acids is 3. The largest absolute Gasteiger partial charge is 0.512 e. The van der Waals surface area contributed by atoms with Gasteiger partial charge in [-0.1, -0.05) is 0 Å². The van der Waals surface area contributed by atoms with Gasteiger partial charge < -0.3 is 23.7 Å². The highest BCUT2D eigenvalue weighted by Crippen LogP contribution is 2.15. The number of rotatable bonds is 5. The summed E-state index contributed by atoms with van der Waals surface area (Å²) in [6.45, 7) is 1.24. The van der Waals surface area contributed by atoms with Gasteiger partial charge in [-0.05, 0) is 25.1 Å². The zero-order valence-corrected chi connectivity index (χ0v) is 13.9. The summed E-state index contributed by atoms with van der Waals surface area (Å²) < 4.78 is 18.4. The lowest BCUT2D eigenvalue weighted by Crippen LogP contribution is -2.18. The molecule has 25 heavy (non-hydrogen) atoms. The van der Waals surface area contributed by atoms with Crippen LogP contribution in [0.5, 0.6) is 0 Å². The molecule has 0 fully saturated rings.